The summed E-state index contributed by atoms with van der Waals surface area (Å²) in [5.74, 6) is -1.79. The van der Waals surface area contributed by atoms with Crippen LogP contribution in [0.1, 0.15) is 24.5 Å². The highest BCUT2D eigenvalue weighted by Gasteiger charge is 2.33. The molecule has 0 saturated carbocycles. The maximum absolute atomic E-state index is 14.0. The standard InChI is InChI=1S/C28H29Cl3FN3O4S/c1-3-13-33-28(37)26(15-19-7-5-4-6-8-19)34(17-20-9-11-22(29)23(30)14-20)27(36)18-35(40(2,38)39)21-10-12-25(32)24(31)16-21/h4-12,14,16,26H,3,13,15,17-18H2,1-2H3,(H,33,37)/t26-/m0/s1. The number of benzene rings is 3. The molecule has 1 atom stereocenters. The SMILES string of the molecule is CCCNC(=O)[C@H](Cc1ccccc1)N(Cc1ccc(Cl)c(Cl)c1)C(=O)CN(c1ccc(F)c(Cl)c1)S(C)(=O)=O. The Morgan fingerprint density at radius 1 is 0.925 bits per heavy atom. The third-order valence-corrected chi connectivity index (χ3v) is 8.20. The first-order valence-electron chi connectivity index (χ1n) is 12.4. The van der Waals surface area contributed by atoms with Crippen molar-refractivity contribution in [1.82, 2.24) is 10.2 Å². The molecule has 3 aromatic carbocycles. The molecule has 0 fully saturated rings. The second-order valence-corrected chi connectivity index (χ2v) is 12.3. The molecule has 0 aliphatic rings. The number of hydrogen-bond donors (Lipinski definition) is 1. The van der Waals surface area contributed by atoms with Crippen LogP contribution in [0.2, 0.25) is 15.1 Å². The van der Waals surface area contributed by atoms with E-state index < -0.39 is 40.2 Å². The van der Waals surface area contributed by atoms with Gasteiger partial charge < -0.3 is 10.2 Å². The first kappa shape index (κ1) is 31.7. The fourth-order valence-corrected chi connectivity index (χ4v) is 5.35. The lowest BCUT2D eigenvalue weighted by Gasteiger charge is -2.33. The topological polar surface area (TPSA) is 86.8 Å². The number of amides is 2. The van der Waals surface area contributed by atoms with Gasteiger partial charge in [-0.25, -0.2) is 12.8 Å². The zero-order valence-corrected chi connectivity index (χ0v) is 25.0. The molecular weight excluding hydrogens is 600 g/mol. The number of nitrogens with zero attached hydrogens (tertiary/aromatic N) is 2. The number of nitrogens with one attached hydrogen (secondary N) is 1. The minimum absolute atomic E-state index is 0.00628. The van der Waals surface area contributed by atoms with Gasteiger partial charge in [0.1, 0.15) is 18.4 Å². The number of sulfonamides is 1. The van der Waals surface area contributed by atoms with Crippen molar-refractivity contribution in [3.05, 3.63) is 98.7 Å². The lowest BCUT2D eigenvalue weighted by molar-refractivity contribution is -0.140. The van der Waals surface area contributed by atoms with Gasteiger partial charge in [-0.3, -0.25) is 13.9 Å². The number of halogens is 4. The fraction of sp³-hybridized carbons (Fsp3) is 0.286. The van der Waals surface area contributed by atoms with Crippen LogP contribution in [0.5, 0.6) is 0 Å². The van der Waals surface area contributed by atoms with Gasteiger partial charge in [-0.15, -0.1) is 0 Å². The van der Waals surface area contributed by atoms with Crippen LogP contribution in [0.25, 0.3) is 0 Å². The largest absolute Gasteiger partial charge is 0.354 e. The van der Waals surface area contributed by atoms with E-state index in [-0.39, 0.29) is 28.7 Å². The van der Waals surface area contributed by atoms with Crippen LogP contribution in [0, 0.1) is 5.82 Å². The summed E-state index contributed by atoms with van der Waals surface area (Å²) < 4.78 is 40.2. The Labute approximate surface area is 248 Å². The van der Waals surface area contributed by atoms with Gasteiger partial charge in [-0.1, -0.05) is 78.1 Å². The highest BCUT2D eigenvalue weighted by molar-refractivity contribution is 7.92. The van der Waals surface area contributed by atoms with Crippen molar-refractivity contribution in [3.8, 4) is 0 Å². The average Bonchev–Trinajstić information content (AvgIpc) is 2.91. The summed E-state index contributed by atoms with van der Waals surface area (Å²) in [5.41, 5.74) is 1.39. The van der Waals surface area contributed by atoms with Gasteiger partial charge in [0, 0.05) is 19.5 Å². The molecule has 0 aliphatic carbocycles. The van der Waals surface area contributed by atoms with E-state index in [4.69, 9.17) is 34.8 Å². The predicted molar refractivity (Wildman–Crippen MR) is 158 cm³/mol. The van der Waals surface area contributed by atoms with Gasteiger partial charge in [0.15, 0.2) is 0 Å². The third-order valence-electron chi connectivity index (χ3n) is 6.03. The molecule has 0 heterocycles. The first-order chi connectivity index (χ1) is 18.9. The predicted octanol–water partition coefficient (Wildman–Crippen LogP) is 5.72. The molecule has 7 nitrogen and oxygen atoms in total. The molecule has 1 N–H and O–H groups in total. The maximum atomic E-state index is 14.0. The Hall–Kier alpha value is -2.85. The molecule has 0 aromatic heterocycles. The van der Waals surface area contributed by atoms with E-state index in [0.29, 0.717) is 23.6 Å². The number of hydrogen-bond acceptors (Lipinski definition) is 4. The molecule has 12 heteroatoms. The van der Waals surface area contributed by atoms with E-state index in [2.05, 4.69) is 5.32 Å². The van der Waals surface area contributed by atoms with Gasteiger partial charge in [-0.05, 0) is 47.9 Å². The Morgan fingerprint density at radius 3 is 2.23 bits per heavy atom. The number of carbonyl (C=O) groups excluding carboxylic acids is 2. The maximum Gasteiger partial charge on any atom is 0.244 e. The van der Waals surface area contributed by atoms with Crippen molar-refractivity contribution < 1.29 is 22.4 Å². The highest BCUT2D eigenvalue weighted by Crippen LogP contribution is 2.27. The number of anilines is 1. The molecule has 0 aliphatic heterocycles. The van der Waals surface area contributed by atoms with Crippen LogP contribution in [0.4, 0.5) is 10.1 Å². The highest BCUT2D eigenvalue weighted by atomic mass is 35.5. The van der Waals surface area contributed by atoms with E-state index >= 15 is 0 Å². The Kier molecular flexibility index (Phi) is 11.2. The average molecular weight is 629 g/mol. The van der Waals surface area contributed by atoms with Crippen molar-refractivity contribution in [2.75, 3.05) is 23.7 Å². The summed E-state index contributed by atoms with van der Waals surface area (Å²) in [6.07, 6.45) is 1.78. The van der Waals surface area contributed by atoms with E-state index in [0.717, 1.165) is 28.3 Å². The fourth-order valence-electron chi connectivity index (χ4n) is 4.01. The molecular formula is C28H29Cl3FN3O4S. The molecule has 3 rings (SSSR count). The summed E-state index contributed by atoms with van der Waals surface area (Å²) in [6, 6.07) is 16.4. The quantitative estimate of drug-likeness (QED) is 0.278. The lowest BCUT2D eigenvalue weighted by Crippen LogP contribution is -2.53. The second kappa shape index (κ2) is 14.2. The minimum atomic E-state index is -4.01. The van der Waals surface area contributed by atoms with E-state index in [1.807, 2.05) is 37.3 Å². The van der Waals surface area contributed by atoms with Crippen molar-refractivity contribution in [2.45, 2.75) is 32.4 Å². The summed E-state index contributed by atoms with van der Waals surface area (Å²) >= 11 is 18.2. The Balaban J connectivity index is 2.07. The zero-order chi connectivity index (χ0) is 29.4. The molecule has 3 aromatic rings. The van der Waals surface area contributed by atoms with Crippen LogP contribution in [0.3, 0.4) is 0 Å². The lowest BCUT2D eigenvalue weighted by atomic mass is 10.0. The van der Waals surface area contributed by atoms with Crippen molar-refractivity contribution in [1.29, 1.82) is 0 Å². The van der Waals surface area contributed by atoms with Gasteiger partial charge in [-0.2, -0.15) is 0 Å². The van der Waals surface area contributed by atoms with E-state index in [1.54, 1.807) is 18.2 Å². The Morgan fingerprint density at radius 2 is 1.62 bits per heavy atom. The van der Waals surface area contributed by atoms with Gasteiger partial charge in [0.25, 0.3) is 0 Å². The van der Waals surface area contributed by atoms with Gasteiger partial charge in [0.05, 0.1) is 27.0 Å². The minimum Gasteiger partial charge on any atom is -0.354 e. The summed E-state index contributed by atoms with van der Waals surface area (Å²) in [6.45, 7) is 1.58. The number of rotatable bonds is 12. The molecule has 0 unspecified atom stereocenters. The van der Waals surface area contributed by atoms with Crippen molar-refractivity contribution in [3.63, 3.8) is 0 Å². The molecule has 214 valence electrons. The Bertz CT molecular complexity index is 1460. The summed E-state index contributed by atoms with van der Waals surface area (Å²) in [5, 5.41) is 3.14. The van der Waals surface area contributed by atoms with Crippen LogP contribution < -0.4 is 9.62 Å². The molecule has 2 amide bonds. The van der Waals surface area contributed by atoms with Crippen LogP contribution in [-0.2, 0) is 32.6 Å². The monoisotopic (exact) mass is 627 g/mol. The summed E-state index contributed by atoms with van der Waals surface area (Å²) in [7, 11) is -4.01. The molecule has 0 saturated heterocycles. The van der Waals surface area contributed by atoms with Crippen LogP contribution >= 0.6 is 34.8 Å². The normalized spacial score (nSPS) is 12.1. The van der Waals surface area contributed by atoms with E-state index in [1.165, 1.54) is 11.0 Å². The molecule has 40 heavy (non-hydrogen) atoms. The molecule has 0 radical (unpaired) electrons. The second-order valence-electron chi connectivity index (χ2n) is 9.13. The third kappa shape index (κ3) is 8.57. The van der Waals surface area contributed by atoms with Crippen molar-refractivity contribution >= 4 is 62.3 Å². The summed E-state index contributed by atoms with van der Waals surface area (Å²) in [4.78, 5) is 28.7. The molecule has 0 bridgehead atoms. The first-order valence-corrected chi connectivity index (χ1v) is 15.4. The molecule has 0 spiro atoms. The van der Waals surface area contributed by atoms with Gasteiger partial charge >= 0.3 is 0 Å². The van der Waals surface area contributed by atoms with Crippen LogP contribution in [0.15, 0.2) is 66.7 Å². The smallest absolute Gasteiger partial charge is 0.244 e. The van der Waals surface area contributed by atoms with Crippen LogP contribution in [-0.4, -0.2) is 50.5 Å². The van der Waals surface area contributed by atoms with Crippen molar-refractivity contribution in [2.24, 2.45) is 0 Å². The van der Waals surface area contributed by atoms with Gasteiger partial charge in [0.2, 0.25) is 21.8 Å². The zero-order valence-electron chi connectivity index (χ0n) is 21.9. The number of carbonyl (C=O) groups is 2. The van der Waals surface area contributed by atoms with E-state index in [9.17, 15) is 22.4 Å².